The van der Waals surface area contributed by atoms with Gasteiger partial charge in [0.05, 0.1) is 5.69 Å². The zero-order chi connectivity index (χ0) is 18.0. The van der Waals surface area contributed by atoms with Gasteiger partial charge in [0.25, 0.3) is 0 Å². The van der Waals surface area contributed by atoms with Crippen molar-refractivity contribution in [2.45, 2.75) is 38.8 Å². The van der Waals surface area contributed by atoms with Gasteiger partial charge in [-0.15, -0.1) is 11.3 Å². The maximum absolute atomic E-state index is 12.5. The second kappa shape index (κ2) is 6.88. The number of anilines is 1. The molecule has 1 aliphatic heterocycles. The number of aromatic nitrogens is 2. The second-order valence-corrected chi connectivity index (χ2v) is 7.09. The number of thiazole rings is 1. The maximum atomic E-state index is 12.5. The third-order valence-electron chi connectivity index (χ3n) is 4.22. The van der Waals surface area contributed by atoms with Crippen LogP contribution in [0.3, 0.4) is 0 Å². The van der Waals surface area contributed by atoms with Gasteiger partial charge in [0.15, 0.2) is 11.3 Å². The van der Waals surface area contributed by atoms with Gasteiger partial charge in [-0.2, -0.15) is 10.5 Å². The first-order valence-corrected chi connectivity index (χ1v) is 8.69. The molecule has 1 N–H and O–H groups in total. The van der Waals surface area contributed by atoms with Crippen LogP contribution < -0.4 is 5.32 Å². The third kappa shape index (κ3) is 3.30. The molecular weight excluding hydrogens is 336 g/mol. The van der Waals surface area contributed by atoms with E-state index < -0.39 is 6.04 Å². The number of hydrogen-bond donors (Lipinski definition) is 1. The fourth-order valence-electron chi connectivity index (χ4n) is 2.92. The van der Waals surface area contributed by atoms with Gasteiger partial charge in [-0.05, 0) is 38.8 Å². The van der Waals surface area contributed by atoms with Crippen molar-refractivity contribution in [1.82, 2.24) is 14.9 Å². The van der Waals surface area contributed by atoms with E-state index in [1.54, 1.807) is 18.2 Å². The van der Waals surface area contributed by atoms with Gasteiger partial charge < -0.3 is 5.32 Å². The van der Waals surface area contributed by atoms with Gasteiger partial charge in [-0.1, -0.05) is 6.07 Å². The summed E-state index contributed by atoms with van der Waals surface area (Å²) in [6.45, 7) is 3.83. The molecule has 1 amide bonds. The Kier molecular flexibility index (Phi) is 4.64. The maximum Gasteiger partial charge on any atom is 0.249 e. The van der Waals surface area contributed by atoms with E-state index in [2.05, 4.69) is 21.5 Å². The highest BCUT2D eigenvalue weighted by Crippen LogP contribution is 2.30. The van der Waals surface area contributed by atoms with E-state index in [0.717, 1.165) is 11.3 Å². The minimum Gasteiger partial charge on any atom is -0.300 e. The molecular formula is C17H16N6OS. The number of amides is 1. The average Bonchev–Trinajstić information content (AvgIpc) is 3.17. The molecule has 0 unspecified atom stereocenters. The molecule has 1 fully saturated rings. The monoisotopic (exact) mass is 352 g/mol. The minimum atomic E-state index is -0.451. The van der Waals surface area contributed by atoms with Crippen molar-refractivity contribution in [2.24, 2.45) is 0 Å². The molecule has 0 saturated carbocycles. The molecule has 8 heteroatoms. The van der Waals surface area contributed by atoms with E-state index in [9.17, 15) is 10.1 Å². The van der Waals surface area contributed by atoms with E-state index >= 15 is 0 Å². The Labute approximate surface area is 149 Å². The van der Waals surface area contributed by atoms with Gasteiger partial charge in [0.2, 0.25) is 5.91 Å². The number of likely N-dealkylation sites (tertiary alicyclic amines) is 1. The molecule has 3 rings (SSSR count). The number of carbonyl (C=O) groups is 1. The number of hydrogen-bond acceptors (Lipinski definition) is 7. The van der Waals surface area contributed by atoms with Crippen LogP contribution in [0.5, 0.6) is 0 Å². The van der Waals surface area contributed by atoms with Crippen LogP contribution in [0.15, 0.2) is 18.2 Å². The summed E-state index contributed by atoms with van der Waals surface area (Å²) in [7, 11) is 0. The van der Waals surface area contributed by atoms with E-state index in [0.29, 0.717) is 28.6 Å². The fraction of sp³-hybridized carbons (Fsp3) is 0.353. The fourth-order valence-corrected chi connectivity index (χ4v) is 3.74. The molecule has 2 aromatic rings. The lowest BCUT2D eigenvalue weighted by Gasteiger charge is -2.20. The van der Waals surface area contributed by atoms with Gasteiger partial charge in [0.1, 0.15) is 23.5 Å². The number of pyridine rings is 1. The summed E-state index contributed by atoms with van der Waals surface area (Å²) < 4.78 is 0. The van der Waals surface area contributed by atoms with E-state index in [-0.39, 0.29) is 11.9 Å². The minimum absolute atomic E-state index is 0.0762. The normalized spacial score (nSPS) is 19.3. The van der Waals surface area contributed by atoms with E-state index in [1.165, 1.54) is 16.2 Å². The van der Waals surface area contributed by atoms with Crippen LogP contribution >= 0.6 is 11.3 Å². The molecule has 2 aromatic heterocycles. The Morgan fingerprint density at radius 2 is 2.16 bits per heavy atom. The standard InChI is InChI=1S/C17H16N6OS/c1-10-6-7-14(23(10)9-19)16(24)22-17-21-15(11(2)25-17)13-5-3-4-12(8-18)20-13/h3-5,10,14H,6-7H2,1-2H3,(H,21,22,24)/t10-,14-/m0/s1. The van der Waals surface area contributed by atoms with Gasteiger partial charge in [-0.25, -0.2) is 9.97 Å². The molecule has 126 valence electrons. The molecule has 2 atom stereocenters. The molecule has 0 aliphatic carbocycles. The number of rotatable bonds is 3. The van der Waals surface area contributed by atoms with Crippen LogP contribution in [0.4, 0.5) is 5.13 Å². The Morgan fingerprint density at radius 3 is 2.88 bits per heavy atom. The highest BCUT2D eigenvalue weighted by atomic mass is 32.1. The van der Waals surface area contributed by atoms with Crippen LogP contribution in [0, 0.1) is 29.7 Å². The van der Waals surface area contributed by atoms with Crippen molar-refractivity contribution < 1.29 is 4.79 Å². The summed E-state index contributed by atoms with van der Waals surface area (Å²) in [6, 6.07) is 6.80. The molecule has 0 radical (unpaired) electrons. The third-order valence-corrected chi connectivity index (χ3v) is 5.11. The smallest absolute Gasteiger partial charge is 0.249 e. The van der Waals surface area contributed by atoms with Crippen molar-refractivity contribution in [3.63, 3.8) is 0 Å². The molecule has 1 aliphatic rings. The predicted octanol–water partition coefficient (Wildman–Crippen LogP) is 2.66. The molecule has 1 saturated heterocycles. The van der Waals surface area contributed by atoms with Crippen molar-refractivity contribution in [2.75, 3.05) is 5.32 Å². The molecule has 3 heterocycles. The highest BCUT2D eigenvalue weighted by molar-refractivity contribution is 7.16. The Morgan fingerprint density at radius 1 is 1.36 bits per heavy atom. The lowest BCUT2D eigenvalue weighted by molar-refractivity contribution is -0.119. The topological polar surface area (TPSA) is 106 Å². The molecule has 25 heavy (non-hydrogen) atoms. The average molecular weight is 352 g/mol. The van der Waals surface area contributed by atoms with E-state index in [1.807, 2.05) is 19.9 Å². The number of carbonyl (C=O) groups excluding carboxylic acids is 1. The molecule has 0 bridgehead atoms. The predicted molar refractivity (Wildman–Crippen MR) is 93.4 cm³/mol. The van der Waals surface area contributed by atoms with Crippen molar-refractivity contribution in [3.8, 4) is 23.7 Å². The first kappa shape index (κ1) is 16.9. The van der Waals surface area contributed by atoms with E-state index in [4.69, 9.17) is 5.26 Å². The number of nitrogens with zero attached hydrogens (tertiary/aromatic N) is 5. The molecule has 7 nitrogen and oxygen atoms in total. The quantitative estimate of drug-likeness (QED) is 0.851. The van der Waals surface area contributed by atoms with Crippen LogP contribution in [-0.2, 0) is 4.79 Å². The lowest BCUT2D eigenvalue weighted by atomic mass is 10.2. The summed E-state index contributed by atoms with van der Waals surface area (Å²) in [5, 5.41) is 21.5. The largest absolute Gasteiger partial charge is 0.300 e. The zero-order valence-electron chi connectivity index (χ0n) is 13.9. The number of aryl methyl sites for hydroxylation is 1. The van der Waals surface area contributed by atoms with Crippen LogP contribution in [0.25, 0.3) is 11.4 Å². The number of nitrogens with one attached hydrogen (secondary N) is 1. The number of nitriles is 2. The Hall–Kier alpha value is -2.97. The van der Waals surface area contributed by atoms with Crippen LogP contribution in [-0.4, -0.2) is 32.9 Å². The van der Waals surface area contributed by atoms with Crippen LogP contribution in [0.1, 0.15) is 30.3 Å². The van der Waals surface area contributed by atoms with Crippen molar-refractivity contribution in [3.05, 3.63) is 28.8 Å². The summed E-state index contributed by atoms with van der Waals surface area (Å²) in [5.74, 6) is -0.218. The van der Waals surface area contributed by atoms with Gasteiger partial charge in [-0.3, -0.25) is 9.69 Å². The zero-order valence-corrected chi connectivity index (χ0v) is 14.7. The first-order valence-electron chi connectivity index (χ1n) is 7.87. The summed E-state index contributed by atoms with van der Waals surface area (Å²) in [6.07, 6.45) is 3.57. The Bertz CT molecular complexity index is 893. The molecule has 0 spiro atoms. The Balaban J connectivity index is 1.80. The highest BCUT2D eigenvalue weighted by Gasteiger charge is 2.35. The van der Waals surface area contributed by atoms with Crippen molar-refractivity contribution >= 4 is 22.4 Å². The SMILES string of the molecule is Cc1sc(NC(=O)[C@@H]2CC[C@H](C)N2C#N)nc1-c1cccc(C#N)n1. The summed E-state index contributed by atoms with van der Waals surface area (Å²) in [4.78, 5) is 23.6. The summed E-state index contributed by atoms with van der Waals surface area (Å²) >= 11 is 1.35. The second-order valence-electron chi connectivity index (χ2n) is 5.88. The van der Waals surface area contributed by atoms with Gasteiger partial charge in [0, 0.05) is 10.9 Å². The lowest BCUT2D eigenvalue weighted by Crippen LogP contribution is -2.39. The van der Waals surface area contributed by atoms with Crippen molar-refractivity contribution in [1.29, 1.82) is 10.5 Å². The summed E-state index contributed by atoms with van der Waals surface area (Å²) in [5.41, 5.74) is 1.57. The van der Waals surface area contributed by atoms with Crippen LogP contribution in [0.2, 0.25) is 0 Å². The first-order chi connectivity index (χ1) is 12.0. The molecule has 0 aromatic carbocycles. The van der Waals surface area contributed by atoms with Gasteiger partial charge >= 0.3 is 0 Å².